The van der Waals surface area contributed by atoms with Crippen molar-refractivity contribution in [2.75, 3.05) is 0 Å². The smallest absolute Gasteiger partial charge is 0.170 e. The first kappa shape index (κ1) is 18.3. The summed E-state index contributed by atoms with van der Waals surface area (Å²) in [6.07, 6.45) is 3.32. The lowest BCUT2D eigenvalue weighted by molar-refractivity contribution is -0.118. The number of benzene rings is 2. The number of aliphatic hydroxyl groups is 1. The number of allylic oxidation sites excluding steroid dienone is 2. The fourth-order valence-electron chi connectivity index (χ4n) is 5.41. The van der Waals surface area contributed by atoms with Crippen molar-refractivity contribution in [3.8, 4) is 11.5 Å². The maximum absolute atomic E-state index is 13.2. The third kappa shape index (κ3) is 2.73. The number of hydrogen-bond donors (Lipinski definition) is 1. The number of fused-ring (bicyclic) bond motifs is 5. The highest BCUT2D eigenvalue weighted by molar-refractivity contribution is 9.10. The summed E-state index contributed by atoms with van der Waals surface area (Å²) in [5.41, 5.74) is 2.22. The summed E-state index contributed by atoms with van der Waals surface area (Å²) in [6.45, 7) is 1.96. The van der Waals surface area contributed by atoms with E-state index >= 15 is 0 Å². The molecule has 0 aliphatic heterocycles. The molecule has 0 unspecified atom stereocenters. The second kappa shape index (κ2) is 6.64. The number of rotatable bonds is 3. The Kier molecular flexibility index (Phi) is 4.33. The SMILES string of the molecule is Cc1ccc(Oc2ccc(Br)cc2Cl)cc1C1=C(O)[C@@H]2[C@@H]3CC[C@@H](C3)[C@@H]2C1=O. The summed E-state index contributed by atoms with van der Waals surface area (Å²) in [6, 6.07) is 11.1. The van der Waals surface area contributed by atoms with E-state index in [4.69, 9.17) is 16.3 Å². The minimum Gasteiger partial charge on any atom is -0.511 e. The van der Waals surface area contributed by atoms with Crippen LogP contribution in [0, 0.1) is 30.6 Å². The molecule has 2 aromatic carbocycles. The molecule has 144 valence electrons. The van der Waals surface area contributed by atoms with Crippen molar-refractivity contribution >= 4 is 38.9 Å². The first-order valence-electron chi connectivity index (χ1n) is 9.65. The second-order valence-electron chi connectivity index (χ2n) is 8.16. The summed E-state index contributed by atoms with van der Waals surface area (Å²) in [5, 5.41) is 11.5. The van der Waals surface area contributed by atoms with E-state index in [0.717, 1.165) is 34.9 Å². The molecule has 5 heteroatoms. The van der Waals surface area contributed by atoms with Crippen LogP contribution < -0.4 is 4.74 Å². The number of hydrogen-bond acceptors (Lipinski definition) is 3. The van der Waals surface area contributed by atoms with Crippen molar-refractivity contribution in [2.45, 2.75) is 26.2 Å². The van der Waals surface area contributed by atoms with E-state index in [1.807, 2.05) is 31.2 Å². The van der Waals surface area contributed by atoms with Crippen LogP contribution in [-0.4, -0.2) is 10.9 Å². The fraction of sp³-hybridized carbons (Fsp3) is 0.348. The molecular weight excluding hydrogens is 440 g/mol. The van der Waals surface area contributed by atoms with E-state index in [1.54, 1.807) is 12.1 Å². The van der Waals surface area contributed by atoms with Gasteiger partial charge in [0.05, 0.1) is 10.6 Å². The molecule has 2 bridgehead atoms. The van der Waals surface area contributed by atoms with E-state index in [1.165, 1.54) is 0 Å². The predicted molar refractivity (Wildman–Crippen MR) is 113 cm³/mol. The van der Waals surface area contributed by atoms with Gasteiger partial charge in [-0.15, -0.1) is 0 Å². The van der Waals surface area contributed by atoms with Crippen molar-refractivity contribution < 1.29 is 14.6 Å². The molecule has 0 radical (unpaired) electrons. The van der Waals surface area contributed by atoms with Crippen molar-refractivity contribution in [1.29, 1.82) is 0 Å². The Hall–Kier alpha value is -1.78. The van der Waals surface area contributed by atoms with Crippen molar-refractivity contribution in [3.63, 3.8) is 0 Å². The van der Waals surface area contributed by atoms with Gasteiger partial charge in [-0.2, -0.15) is 0 Å². The van der Waals surface area contributed by atoms with Crippen LogP contribution in [0.4, 0.5) is 0 Å². The highest BCUT2D eigenvalue weighted by atomic mass is 79.9. The molecule has 5 rings (SSSR count). The van der Waals surface area contributed by atoms with Gasteiger partial charge in [0.15, 0.2) is 5.78 Å². The molecule has 0 amide bonds. The Morgan fingerprint density at radius 1 is 1.11 bits per heavy atom. The molecule has 2 aromatic rings. The van der Waals surface area contributed by atoms with Gasteiger partial charge in [0.25, 0.3) is 0 Å². The lowest BCUT2D eigenvalue weighted by Crippen LogP contribution is -2.24. The number of aryl methyl sites for hydroxylation is 1. The normalized spacial score (nSPS) is 28.2. The number of carbonyl (C=O) groups is 1. The van der Waals surface area contributed by atoms with E-state index in [2.05, 4.69) is 15.9 Å². The number of ketones is 1. The summed E-state index contributed by atoms with van der Waals surface area (Å²) in [4.78, 5) is 13.2. The van der Waals surface area contributed by atoms with Crippen molar-refractivity contribution in [3.05, 3.63) is 62.8 Å². The molecule has 0 saturated heterocycles. The maximum Gasteiger partial charge on any atom is 0.170 e. The van der Waals surface area contributed by atoms with Crippen LogP contribution >= 0.6 is 27.5 Å². The van der Waals surface area contributed by atoms with E-state index in [-0.39, 0.29) is 17.6 Å². The monoisotopic (exact) mass is 458 g/mol. The lowest BCUT2D eigenvalue weighted by atomic mass is 9.80. The van der Waals surface area contributed by atoms with Gasteiger partial charge in [0, 0.05) is 16.3 Å². The molecule has 0 spiro atoms. The van der Waals surface area contributed by atoms with Crippen LogP contribution in [0.15, 0.2) is 46.6 Å². The molecule has 0 aromatic heterocycles. The number of halogens is 2. The number of carbonyl (C=O) groups excluding carboxylic acids is 1. The first-order chi connectivity index (χ1) is 13.4. The molecule has 2 saturated carbocycles. The average molecular weight is 460 g/mol. The molecule has 28 heavy (non-hydrogen) atoms. The molecule has 3 aliphatic rings. The van der Waals surface area contributed by atoms with Crippen LogP contribution in [-0.2, 0) is 4.79 Å². The first-order valence-corrected chi connectivity index (χ1v) is 10.8. The van der Waals surface area contributed by atoms with Gasteiger partial charge in [0.2, 0.25) is 0 Å². The molecule has 1 N–H and O–H groups in total. The quantitative estimate of drug-likeness (QED) is 0.554. The van der Waals surface area contributed by atoms with Crippen LogP contribution in [0.5, 0.6) is 11.5 Å². The van der Waals surface area contributed by atoms with Gasteiger partial charge >= 0.3 is 0 Å². The maximum atomic E-state index is 13.2. The van der Waals surface area contributed by atoms with Gasteiger partial charge in [0.1, 0.15) is 17.3 Å². The topological polar surface area (TPSA) is 46.5 Å². The molecular formula is C23H20BrClO3. The Balaban J connectivity index is 1.52. The molecule has 3 aliphatic carbocycles. The van der Waals surface area contributed by atoms with Crippen LogP contribution in [0.2, 0.25) is 5.02 Å². The van der Waals surface area contributed by atoms with Crippen LogP contribution in [0.1, 0.15) is 30.4 Å². The summed E-state index contributed by atoms with van der Waals surface area (Å²) in [5.74, 6) is 2.43. The molecule has 4 atom stereocenters. The number of aliphatic hydroxyl groups excluding tert-OH is 1. The minimum atomic E-state index is -0.0290. The van der Waals surface area contributed by atoms with Crippen molar-refractivity contribution in [2.24, 2.45) is 23.7 Å². The summed E-state index contributed by atoms with van der Waals surface area (Å²) >= 11 is 9.66. The summed E-state index contributed by atoms with van der Waals surface area (Å²) in [7, 11) is 0. The van der Waals surface area contributed by atoms with E-state index < -0.39 is 0 Å². The van der Waals surface area contributed by atoms with Crippen molar-refractivity contribution in [1.82, 2.24) is 0 Å². The van der Waals surface area contributed by atoms with Gasteiger partial charge in [-0.3, -0.25) is 4.79 Å². The molecule has 3 nitrogen and oxygen atoms in total. The Morgan fingerprint density at radius 2 is 1.86 bits per heavy atom. The third-order valence-corrected chi connectivity index (χ3v) is 7.43. The number of ether oxygens (including phenoxy) is 1. The highest BCUT2D eigenvalue weighted by Crippen LogP contribution is 2.60. The number of Topliss-reactive ketones (excluding diaryl/α,β-unsaturated/α-hetero) is 1. The van der Waals surface area contributed by atoms with E-state index in [9.17, 15) is 9.90 Å². The van der Waals surface area contributed by atoms with Gasteiger partial charge in [-0.05, 0) is 79.5 Å². The summed E-state index contributed by atoms with van der Waals surface area (Å²) < 4.78 is 6.85. The predicted octanol–water partition coefficient (Wildman–Crippen LogP) is 6.72. The van der Waals surface area contributed by atoms with Gasteiger partial charge in [-0.1, -0.05) is 33.6 Å². The Bertz CT molecular complexity index is 1030. The Labute approximate surface area is 177 Å². The second-order valence-corrected chi connectivity index (χ2v) is 9.49. The van der Waals surface area contributed by atoms with E-state index in [0.29, 0.717) is 39.7 Å². The molecule has 2 fully saturated rings. The zero-order valence-corrected chi connectivity index (χ0v) is 17.8. The highest BCUT2D eigenvalue weighted by Gasteiger charge is 2.57. The zero-order valence-electron chi connectivity index (χ0n) is 15.4. The molecule has 0 heterocycles. The zero-order chi connectivity index (χ0) is 19.6. The third-order valence-electron chi connectivity index (χ3n) is 6.64. The fourth-order valence-corrected chi connectivity index (χ4v) is 6.12. The van der Waals surface area contributed by atoms with Crippen LogP contribution in [0.25, 0.3) is 5.57 Å². The minimum absolute atomic E-state index is 0.0196. The largest absolute Gasteiger partial charge is 0.511 e. The van der Waals surface area contributed by atoms with Gasteiger partial charge < -0.3 is 9.84 Å². The lowest BCUT2D eigenvalue weighted by Gasteiger charge is -2.23. The Morgan fingerprint density at radius 3 is 2.57 bits per heavy atom. The average Bonchev–Trinajstić information content (AvgIpc) is 3.33. The van der Waals surface area contributed by atoms with Crippen LogP contribution in [0.3, 0.4) is 0 Å². The van der Waals surface area contributed by atoms with Gasteiger partial charge in [-0.25, -0.2) is 0 Å². The standard InChI is InChI=1S/C23H20BrClO3/c1-11-2-6-15(28-18-7-5-14(24)9-17(18)25)10-16(11)21-22(26)19-12-3-4-13(8-12)20(19)23(21)27/h2,5-7,9-10,12-13,19-20,26H,3-4,8H2,1H3/t12-,13+,19-,20+/m1/s1.